The van der Waals surface area contributed by atoms with Crippen molar-refractivity contribution in [3.05, 3.63) is 83.9 Å². The van der Waals surface area contributed by atoms with Crippen LogP contribution in [0.2, 0.25) is 0 Å². The number of β-lactam (4-membered cyclic amide) rings is 1. The number of esters is 1. The molecule has 2 aromatic carbocycles. The second-order valence-corrected chi connectivity index (χ2v) is 6.53. The van der Waals surface area contributed by atoms with E-state index in [1.54, 1.807) is 6.92 Å². The Morgan fingerprint density at radius 1 is 1.11 bits per heavy atom. The molecule has 3 unspecified atom stereocenters. The minimum absolute atomic E-state index is 0.308. The summed E-state index contributed by atoms with van der Waals surface area (Å²) in [5.41, 5.74) is 7.27. The van der Waals surface area contributed by atoms with E-state index in [2.05, 4.69) is 6.58 Å². The molecule has 0 saturated carbocycles. The molecule has 5 nitrogen and oxygen atoms in total. The molecular formula is C21H21FN2O3. The van der Waals surface area contributed by atoms with Gasteiger partial charge < -0.3 is 10.5 Å². The monoisotopic (exact) mass is 368 g/mol. The van der Waals surface area contributed by atoms with Crippen molar-refractivity contribution in [3.63, 3.8) is 0 Å². The highest BCUT2D eigenvalue weighted by Crippen LogP contribution is 2.31. The van der Waals surface area contributed by atoms with Crippen molar-refractivity contribution in [3.8, 4) is 0 Å². The third-order valence-corrected chi connectivity index (χ3v) is 4.51. The van der Waals surface area contributed by atoms with Crippen LogP contribution >= 0.6 is 0 Å². The Hall–Kier alpha value is -2.99. The number of rotatable bonds is 6. The van der Waals surface area contributed by atoms with Crippen LogP contribution in [0.4, 0.5) is 4.39 Å². The largest absolute Gasteiger partial charge is 0.451 e. The average Bonchev–Trinajstić information content (AvgIpc) is 2.70. The molecule has 1 amide bonds. The first-order valence-electron chi connectivity index (χ1n) is 8.59. The highest BCUT2D eigenvalue weighted by molar-refractivity contribution is 5.94. The van der Waals surface area contributed by atoms with Crippen LogP contribution in [-0.4, -0.2) is 35.2 Å². The van der Waals surface area contributed by atoms with Crippen LogP contribution in [0, 0.1) is 0 Å². The summed E-state index contributed by atoms with van der Waals surface area (Å²) in [6, 6.07) is 15.9. The maximum absolute atomic E-state index is 14.1. The number of alkyl halides is 1. The highest BCUT2D eigenvalue weighted by Gasteiger charge is 2.52. The van der Waals surface area contributed by atoms with Crippen LogP contribution in [-0.2, 0) is 14.3 Å². The highest BCUT2D eigenvalue weighted by atomic mass is 19.1. The zero-order valence-electron chi connectivity index (χ0n) is 14.9. The molecule has 6 heteroatoms. The summed E-state index contributed by atoms with van der Waals surface area (Å²) in [4.78, 5) is 25.6. The molecule has 3 atom stereocenters. The van der Waals surface area contributed by atoms with E-state index in [0.29, 0.717) is 5.57 Å². The lowest BCUT2D eigenvalue weighted by Crippen LogP contribution is -2.71. The van der Waals surface area contributed by atoms with Crippen molar-refractivity contribution >= 4 is 11.9 Å². The van der Waals surface area contributed by atoms with Crippen molar-refractivity contribution in [1.29, 1.82) is 0 Å². The first-order valence-corrected chi connectivity index (χ1v) is 8.59. The topological polar surface area (TPSA) is 72.6 Å². The SMILES string of the molecule is C=C(C)C(C(=O)OC(c1ccccc1)c1ccccc1)N1C(=O)C(N)C1F. The van der Waals surface area contributed by atoms with Crippen molar-refractivity contribution < 1.29 is 18.7 Å². The van der Waals surface area contributed by atoms with Gasteiger partial charge in [-0.1, -0.05) is 67.2 Å². The molecule has 1 aliphatic rings. The second kappa shape index (κ2) is 7.72. The number of hydrogen-bond donors (Lipinski definition) is 1. The Kier molecular flexibility index (Phi) is 5.37. The van der Waals surface area contributed by atoms with Gasteiger partial charge in [-0.15, -0.1) is 0 Å². The van der Waals surface area contributed by atoms with Crippen LogP contribution < -0.4 is 5.73 Å². The summed E-state index contributed by atoms with van der Waals surface area (Å²) in [5.74, 6) is -1.38. The number of likely N-dealkylation sites (tertiary alicyclic amines) is 1. The van der Waals surface area contributed by atoms with E-state index in [0.717, 1.165) is 16.0 Å². The molecule has 2 aromatic rings. The number of carbonyl (C=O) groups is 2. The first kappa shape index (κ1) is 18.8. The van der Waals surface area contributed by atoms with Crippen LogP contribution in [0.15, 0.2) is 72.8 Å². The molecule has 1 aliphatic heterocycles. The van der Waals surface area contributed by atoms with E-state index in [4.69, 9.17) is 10.5 Å². The molecule has 0 spiro atoms. The van der Waals surface area contributed by atoms with Gasteiger partial charge in [0.15, 0.2) is 18.4 Å². The number of carbonyl (C=O) groups excluding carboxylic acids is 2. The van der Waals surface area contributed by atoms with Crippen molar-refractivity contribution in [2.45, 2.75) is 31.4 Å². The van der Waals surface area contributed by atoms with Gasteiger partial charge in [0, 0.05) is 0 Å². The van der Waals surface area contributed by atoms with Crippen LogP contribution in [0.1, 0.15) is 24.2 Å². The summed E-state index contributed by atoms with van der Waals surface area (Å²) in [6.07, 6.45) is -2.43. The normalized spacial score (nSPS) is 20.1. The van der Waals surface area contributed by atoms with Gasteiger partial charge in [-0.05, 0) is 23.6 Å². The van der Waals surface area contributed by atoms with Gasteiger partial charge >= 0.3 is 5.97 Å². The number of nitrogens with two attached hydrogens (primary N) is 1. The standard InChI is InChI=1S/C21H21FN2O3/c1-13(2)17(24-19(22)16(23)20(24)25)21(26)27-18(14-9-5-3-6-10-14)15-11-7-4-8-12-15/h3-12,16-19H,1,23H2,2H3. The van der Waals surface area contributed by atoms with E-state index in [1.807, 2.05) is 60.7 Å². The van der Waals surface area contributed by atoms with Crippen molar-refractivity contribution in [1.82, 2.24) is 4.90 Å². The number of hydrogen-bond acceptors (Lipinski definition) is 4. The van der Waals surface area contributed by atoms with E-state index in [-0.39, 0.29) is 0 Å². The lowest BCUT2D eigenvalue weighted by atomic mass is 9.98. The molecule has 3 rings (SSSR count). The number of nitrogens with zero attached hydrogens (tertiary/aromatic N) is 1. The summed E-state index contributed by atoms with van der Waals surface area (Å²) in [6.45, 7) is 5.28. The van der Waals surface area contributed by atoms with Gasteiger partial charge in [0.25, 0.3) is 0 Å². The fourth-order valence-electron chi connectivity index (χ4n) is 3.09. The summed E-state index contributed by atoms with van der Waals surface area (Å²) < 4.78 is 19.8. The van der Waals surface area contributed by atoms with Gasteiger partial charge in [0.1, 0.15) is 6.04 Å². The molecule has 0 radical (unpaired) electrons. The third kappa shape index (κ3) is 3.61. The molecule has 140 valence electrons. The fraction of sp³-hybridized carbons (Fsp3) is 0.238. The molecule has 1 heterocycles. The number of benzene rings is 2. The third-order valence-electron chi connectivity index (χ3n) is 4.51. The van der Waals surface area contributed by atoms with Crippen LogP contribution in [0.3, 0.4) is 0 Å². The molecule has 1 fully saturated rings. The maximum atomic E-state index is 14.1. The minimum Gasteiger partial charge on any atom is -0.451 e. The molecule has 0 aromatic heterocycles. The average molecular weight is 368 g/mol. The zero-order chi connectivity index (χ0) is 19.6. The van der Waals surface area contributed by atoms with Gasteiger partial charge in [0.05, 0.1) is 0 Å². The lowest BCUT2D eigenvalue weighted by Gasteiger charge is -2.44. The Morgan fingerprint density at radius 3 is 2.00 bits per heavy atom. The zero-order valence-corrected chi connectivity index (χ0v) is 14.9. The van der Waals surface area contributed by atoms with Gasteiger partial charge in [-0.25, -0.2) is 9.18 Å². The summed E-state index contributed by atoms with van der Waals surface area (Å²) in [7, 11) is 0. The summed E-state index contributed by atoms with van der Waals surface area (Å²) in [5, 5.41) is 0. The van der Waals surface area contributed by atoms with Crippen LogP contribution in [0.5, 0.6) is 0 Å². The molecular weight excluding hydrogens is 347 g/mol. The lowest BCUT2D eigenvalue weighted by molar-refractivity contribution is -0.175. The van der Waals surface area contributed by atoms with E-state index in [1.165, 1.54) is 0 Å². The Morgan fingerprint density at radius 2 is 1.59 bits per heavy atom. The van der Waals surface area contributed by atoms with E-state index in [9.17, 15) is 14.0 Å². The fourth-order valence-corrected chi connectivity index (χ4v) is 3.09. The molecule has 2 N–H and O–H groups in total. The second-order valence-electron chi connectivity index (χ2n) is 6.53. The van der Waals surface area contributed by atoms with E-state index < -0.39 is 36.4 Å². The number of halogens is 1. The molecule has 0 bridgehead atoms. The Labute approximate surface area is 157 Å². The summed E-state index contributed by atoms with van der Waals surface area (Å²) >= 11 is 0. The maximum Gasteiger partial charge on any atom is 0.334 e. The predicted molar refractivity (Wildman–Crippen MR) is 99.1 cm³/mol. The van der Waals surface area contributed by atoms with Crippen molar-refractivity contribution in [2.75, 3.05) is 0 Å². The Bertz CT molecular complexity index is 802. The molecule has 1 saturated heterocycles. The Balaban J connectivity index is 1.89. The van der Waals surface area contributed by atoms with E-state index >= 15 is 0 Å². The smallest absolute Gasteiger partial charge is 0.334 e. The number of ether oxygens (including phenoxy) is 1. The van der Waals surface area contributed by atoms with Crippen molar-refractivity contribution in [2.24, 2.45) is 5.73 Å². The first-order chi connectivity index (χ1) is 12.9. The van der Waals surface area contributed by atoms with Gasteiger partial charge in [0.2, 0.25) is 5.91 Å². The predicted octanol–water partition coefficient (Wildman–Crippen LogP) is 2.73. The van der Waals surface area contributed by atoms with Crippen LogP contribution in [0.25, 0.3) is 0 Å². The number of amides is 1. The quantitative estimate of drug-likeness (QED) is 0.368. The molecule has 0 aliphatic carbocycles. The van der Waals surface area contributed by atoms with Gasteiger partial charge in [-0.2, -0.15) is 0 Å². The molecule has 27 heavy (non-hydrogen) atoms. The van der Waals surface area contributed by atoms with Gasteiger partial charge in [-0.3, -0.25) is 9.69 Å². The minimum atomic E-state index is -1.74.